The maximum Gasteiger partial charge on any atom is 0.0546 e. The van der Waals surface area contributed by atoms with Crippen LogP contribution in [-0.4, -0.2) is 0 Å². The summed E-state index contributed by atoms with van der Waals surface area (Å²) in [6, 6.07) is 77.8. The van der Waals surface area contributed by atoms with Crippen LogP contribution in [-0.2, 0) is 0 Å². The first-order valence-electron chi connectivity index (χ1n) is 23.8. The van der Waals surface area contributed by atoms with Crippen LogP contribution in [0.15, 0.2) is 206 Å². The largest absolute Gasteiger partial charge is 0.310 e. The Balaban J connectivity index is 1.25. The Morgan fingerprint density at radius 1 is 0.250 bits per heavy atom. The molecule has 2 nitrogen and oxygen atoms in total. The number of hydrogen-bond acceptors (Lipinski definition) is 2. The maximum atomic E-state index is 2.51. The summed E-state index contributed by atoms with van der Waals surface area (Å²) in [5.74, 6) is 0. The Labute approximate surface area is 399 Å². The predicted octanol–water partition coefficient (Wildman–Crippen LogP) is 19.0. The van der Waals surface area contributed by atoms with Crippen LogP contribution in [0.25, 0.3) is 76.1 Å². The second kappa shape index (κ2) is 16.3. The minimum absolute atomic E-state index is 1.12. The van der Waals surface area contributed by atoms with Crippen LogP contribution in [0.2, 0.25) is 0 Å². The number of fused-ring (bicyclic) bond motifs is 2. The Bertz CT molecular complexity index is 3620. The molecule has 0 aliphatic rings. The molecule has 2 heteroatoms. The van der Waals surface area contributed by atoms with Gasteiger partial charge in [-0.05, 0) is 179 Å². The molecule has 0 saturated heterocycles. The third-order valence-electron chi connectivity index (χ3n) is 14.0. The van der Waals surface area contributed by atoms with Crippen LogP contribution in [0.5, 0.6) is 0 Å². The van der Waals surface area contributed by atoms with Gasteiger partial charge in [-0.15, -0.1) is 0 Å². The lowest BCUT2D eigenvalue weighted by Crippen LogP contribution is -2.13. The van der Waals surface area contributed by atoms with Crippen LogP contribution in [0, 0.1) is 41.5 Å². The van der Waals surface area contributed by atoms with E-state index >= 15 is 0 Å². The van der Waals surface area contributed by atoms with E-state index in [4.69, 9.17) is 0 Å². The normalized spacial score (nSPS) is 11.7. The summed E-state index contributed by atoms with van der Waals surface area (Å²) < 4.78 is 0. The standard InChI is InChI=1S/C66H52N2/c1-41-15-19-49(20-16-41)61-39-63(67(55-33-43(3)31-44(4)34-55)53-25-23-47-11-7-9-13-51(47)37-53)59-30-28-58-62(50-21-17-42(2)18-22-50)40-64(60-29-27-57(61)65(59)66(58)60)68(56-35-45(5)32-46(6)36-56)54-26-24-48-12-8-10-14-52(48)38-54/h7-40H,1-6H3. The van der Waals surface area contributed by atoms with E-state index in [1.54, 1.807) is 0 Å². The molecule has 0 atom stereocenters. The SMILES string of the molecule is Cc1ccc(-c2cc(N(c3cc(C)cc(C)c3)c3ccc4ccccc4c3)c3ccc4c(-c5ccc(C)cc5)cc(N(c5cc(C)cc(C)c5)c5ccc6ccccc6c5)c5ccc2c3c45)cc1. The van der Waals surface area contributed by atoms with Crippen molar-refractivity contribution in [2.24, 2.45) is 0 Å². The zero-order valence-corrected chi connectivity index (χ0v) is 39.5. The van der Waals surface area contributed by atoms with Crippen molar-refractivity contribution in [3.63, 3.8) is 0 Å². The molecule has 0 radical (unpaired) electrons. The molecule has 12 aromatic rings. The Morgan fingerprint density at radius 2 is 0.603 bits per heavy atom. The summed E-state index contributed by atoms with van der Waals surface area (Å²) >= 11 is 0. The molecule has 0 amide bonds. The monoisotopic (exact) mass is 872 g/mol. The average Bonchev–Trinajstić information content (AvgIpc) is 3.34. The van der Waals surface area contributed by atoms with Crippen molar-refractivity contribution in [3.05, 3.63) is 240 Å². The van der Waals surface area contributed by atoms with Gasteiger partial charge < -0.3 is 9.80 Å². The molecule has 12 rings (SSSR count). The van der Waals surface area contributed by atoms with Gasteiger partial charge in [0.2, 0.25) is 0 Å². The van der Waals surface area contributed by atoms with Gasteiger partial charge in [-0.1, -0.05) is 157 Å². The molecule has 326 valence electrons. The molecule has 0 saturated carbocycles. The molecule has 0 N–H and O–H groups in total. The van der Waals surface area contributed by atoms with E-state index < -0.39 is 0 Å². The van der Waals surface area contributed by atoms with Crippen molar-refractivity contribution in [2.45, 2.75) is 41.5 Å². The highest BCUT2D eigenvalue weighted by Gasteiger charge is 2.26. The van der Waals surface area contributed by atoms with Crippen molar-refractivity contribution >= 4 is 88.0 Å². The number of benzene rings is 12. The van der Waals surface area contributed by atoms with Gasteiger partial charge in [-0.2, -0.15) is 0 Å². The zero-order valence-electron chi connectivity index (χ0n) is 39.5. The third kappa shape index (κ3) is 7.12. The number of anilines is 6. The summed E-state index contributed by atoms with van der Waals surface area (Å²) in [5.41, 5.74) is 19.0. The van der Waals surface area contributed by atoms with Crippen molar-refractivity contribution < 1.29 is 0 Å². The van der Waals surface area contributed by atoms with Crippen molar-refractivity contribution in [2.75, 3.05) is 9.80 Å². The molecule has 0 aromatic heterocycles. The maximum absolute atomic E-state index is 2.51. The van der Waals surface area contributed by atoms with E-state index in [-0.39, 0.29) is 0 Å². The van der Waals surface area contributed by atoms with Gasteiger partial charge in [0.1, 0.15) is 0 Å². The highest BCUT2D eigenvalue weighted by molar-refractivity contribution is 6.32. The molecular formula is C66H52N2. The van der Waals surface area contributed by atoms with Crippen LogP contribution in [0.4, 0.5) is 34.1 Å². The van der Waals surface area contributed by atoms with E-state index in [9.17, 15) is 0 Å². The number of rotatable bonds is 8. The fourth-order valence-corrected chi connectivity index (χ4v) is 10.9. The van der Waals surface area contributed by atoms with Gasteiger partial charge >= 0.3 is 0 Å². The molecule has 0 unspecified atom stereocenters. The van der Waals surface area contributed by atoms with E-state index in [0.717, 1.165) is 34.1 Å². The highest BCUT2D eigenvalue weighted by atomic mass is 15.2. The lowest BCUT2D eigenvalue weighted by molar-refractivity contribution is 1.27. The van der Waals surface area contributed by atoms with E-state index in [1.165, 1.54) is 109 Å². The number of nitrogens with zero attached hydrogens (tertiary/aromatic N) is 2. The quantitative estimate of drug-likeness (QED) is 0.140. The summed E-state index contributed by atoms with van der Waals surface area (Å²) in [6.45, 7) is 13.2. The van der Waals surface area contributed by atoms with Gasteiger partial charge in [-0.25, -0.2) is 0 Å². The minimum atomic E-state index is 1.12. The minimum Gasteiger partial charge on any atom is -0.310 e. The molecule has 0 aliphatic heterocycles. The highest BCUT2D eigenvalue weighted by Crippen LogP contribution is 2.52. The smallest absolute Gasteiger partial charge is 0.0546 e. The molecule has 0 aliphatic carbocycles. The lowest BCUT2D eigenvalue weighted by atomic mass is 9.85. The van der Waals surface area contributed by atoms with Gasteiger partial charge in [0.25, 0.3) is 0 Å². The molecule has 0 heterocycles. The number of aryl methyl sites for hydroxylation is 6. The fourth-order valence-electron chi connectivity index (χ4n) is 10.9. The van der Waals surface area contributed by atoms with Gasteiger partial charge in [0, 0.05) is 44.3 Å². The van der Waals surface area contributed by atoms with Gasteiger partial charge in [0.15, 0.2) is 0 Å². The zero-order chi connectivity index (χ0) is 46.2. The second-order valence-corrected chi connectivity index (χ2v) is 19.1. The Kier molecular flexibility index (Phi) is 9.88. The summed E-state index contributed by atoms with van der Waals surface area (Å²) in [4.78, 5) is 5.02. The molecule has 0 fully saturated rings. The molecule has 68 heavy (non-hydrogen) atoms. The van der Waals surface area contributed by atoms with Crippen molar-refractivity contribution in [1.29, 1.82) is 0 Å². The average molecular weight is 873 g/mol. The first-order valence-corrected chi connectivity index (χ1v) is 23.8. The fraction of sp³-hybridized carbons (Fsp3) is 0.0909. The molecule has 0 spiro atoms. The van der Waals surface area contributed by atoms with E-state index in [0.29, 0.717) is 0 Å². The lowest BCUT2D eigenvalue weighted by Gasteiger charge is -2.31. The first kappa shape index (κ1) is 41.2. The van der Waals surface area contributed by atoms with Crippen molar-refractivity contribution in [3.8, 4) is 22.3 Å². The Morgan fingerprint density at radius 3 is 0.985 bits per heavy atom. The summed E-state index contributed by atoms with van der Waals surface area (Å²) in [5, 5.41) is 12.3. The molecule has 12 aromatic carbocycles. The predicted molar refractivity (Wildman–Crippen MR) is 294 cm³/mol. The van der Waals surface area contributed by atoms with Crippen LogP contribution >= 0.6 is 0 Å². The summed E-state index contributed by atoms with van der Waals surface area (Å²) in [7, 11) is 0. The topological polar surface area (TPSA) is 6.48 Å². The summed E-state index contributed by atoms with van der Waals surface area (Å²) in [6.07, 6.45) is 0. The van der Waals surface area contributed by atoms with Crippen molar-refractivity contribution in [1.82, 2.24) is 0 Å². The van der Waals surface area contributed by atoms with E-state index in [2.05, 4.69) is 258 Å². The second-order valence-electron chi connectivity index (χ2n) is 19.1. The van der Waals surface area contributed by atoms with Gasteiger partial charge in [-0.3, -0.25) is 0 Å². The molecular weight excluding hydrogens is 821 g/mol. The van der Waals surface area contributed by atoms with E-state index in [1.807, 2.05) is 0 Å². The van der Waals surface area contributed by atoms with Crippen LogP contribution in [0.1, 0.15) is 33.4 Å². The number of hydrogen-bond donors (Lipinski definition) is 0. The Hall–Kier alpha value is -8.20. The third-order valence-corrected chi connectivity index (χ3v) is 14.0. The molecule has 0 bridgehead atoms. The van der Waals surface area contributed by atoms with Crippen LogP contribution in [0.3, 0.4) is 0 Å². The van der Waals surface area contributed by atoms with Crippen LogP contribution < -0.4 is 9.80 Å². The van der Waals surface area contributed by atoms with Gasteiger partial charge in [0.05, 0.1) is 11.4 Å². The first-order chi connectivity index (χ1) is 33.1.